The van der Waals surface area contributed by atoms with Crippen molar-refractivity contribution in [1.29, 1.82) is 5.26 Å². The largest absolute Gasteiger partial charge is 0.388 e. The third kappa shape index (κ3) is 1.36. The van der Waals surface area contributed by atoms with Crippen molar-refractivity contribution in [3.05, 3.63) is 29.1 Å². The molecule has 0 saturated carbocycles. The van der Waals surface area contributed by atoms with Crippen molar-refractivity contribution in [2.24, 2.45) is 0 Å². The fraction of sp³-hybridized carbons (Fsp3) is 0.385. The summed E-state index contributed by atoms with van der Waals surface area (Å²) >= 11 is 0. The van der Waals surface area contributed by atoms with Crippen LogP contribution in [0.3, 0.4) is 0 Å². The van der Waals surface area contributed by atoms with E-state index in [-0.39, 0.29) is 6.61 Å². The first-order valence-corrected chi connectivity index (χ1v) is 5.78. The van der Waals surface area contributed by atoms with Gasteiger partial charge in [0.05, 0.1) is 22.7 Å². The number of aromatic nitrogens is 2. The molecule has 3 rings (SSSR count). The number of imidazole rings is 1. The van der Waals surface area contributed by atoms with Crippen LogP contribution in [0.25, 0.3) is 11.0 Å². The number of rotatable bonds is 1. The predicted octanol–water partition coefficient (Wildman–Crippen LogP) is 1.91. The van der Waals surface area contributed by atoms with Gasteiger partial charge in [0, 0.05) is 6.54 Å². The number of benzene rings is 1. The summed E-state index contributed by atoms with van der Waals surface area (Å²) in [5.41, 5.74) is 3.74. The van der Waals surface area contributed by atoms with Gasteiger partial charge in [-0.15, -0.1) is 0 Å². The van der Waals surface area contributed by atoms with E-state index in [1.165, 1.54) is 5.56 Å². The maximum atomic E-state index is 9.31. The molecule has 0 amide bonds. The fourth-order valence-electron chi connectivity index (χ4n) is 2.63. The van der Waals surface area contributed by atoms with Crippen molar-refractivity contribution in [2.75, 3.05) is 0 Å². The number of hydrogen-bond acceptors (Lipinski definition) is 3. The van der Waals surface area contributed by atoms with Crippen LogP contribution >= 0.6 is 0 Å². The van der Waals surface area contributed by atoms with E-state index in [1.807, 2.05) is 6.07 Å². The van der Waals surface area contributed by atoms with Crippen LogP contribution in [-0.2, 0) is 13.2 Å². The summed E-state index contributed by atoms with van der Waals surface area (Å²) in [5.74, 6) is 1.14. The molecule has 1 N–H and O–H groups in total. The van der Waals surface area contributed by atoms with E-state index in [4.69, 9.17) is 5.26 Å². The van der Waals surface area contributed by atoms with Crippen molar-refractivity contribution >= 4 is 11.0 Å². The lowest BCUT2D eigenvalue weighted by Crippen LogP contribution is -2.13. The summed E-state index contributed by atoms with van der Waals surface area (Å²) in [6, 6.07) is 5.92. The molecule has 1 aliphatic heterocycles. The Kier molecular flexibility index (Phi) is 2.17. The fourth-order valence-corrected chi connectivity index (χ4v) is 2.63. The molecular formula is C13H13N3O. The van der Waals surface area contributed by atoms with Crippen molar-refractivity contribution in [3.63, 3.8) is 0 Å². The number of aliphatic hydroxyl groups excluding tert-OH is 1. The molecule has 0 aliphatic carbocycles. The Morgan fingerprint density at radius 1 is 1.59 bits per heavy atom. The average Bonchev–Trinajstić information content (AvgIpc) is 2.72. The normalized spacial score (nSPS) is 18.3. The SMILES string of the molecule is CC1CCn2c(CO)nc3cc(C#N)cc1c32. The summed E-state index contributed by atoms with van der Waals surface area (Å²) < 4.78 is 2.08. The van der Waals surface area contributed by atoms with Gasteiger partial charge in [0.2, 0.25) is 0 Å². The highest BCUT2D eigenvalue weighted by atomic mass is 16.3. The zero-order chi connectivity index (χ0) is 12.0. The first kappa shape index (κ1) is 10.3. The van der Waals surface area contributed by atoms with Crippen molar-refractivity contribution in [3.8, 4) is 6.07 Å². The summed E-state index contributed by atoms with van der Waals surface area (Å²) in [4.78, 5) is 4.41. The lowest BCUT2D eigenvalue weighted by molar-refractivity contribution is 0.264. The number of aliphatic hydroxyl groups is 1. The number of nitrogens with zero attached hydrogens (tertiary/aromatic N) is 3. The van der Waals surface area contributed by atoms with Crippen molar-refractivity contribution < 1.29 is 5.11 Å². The molecule has 1 aliphatic rings. The topological polar surface area (TPSA) is 61.8 Å². The van der Waals surface area contributed by atoms with Gasteiger partial charge >= 0.3 is 0 Å². The van der Waals surface area contributed by atoms with Gasteiger partial charge in [-0.1, -0.05) is 6.92 Å². The smallest absolute Gasteiger partial charge is 0.135 e. The van der Waals surface area contributed by atoms with E-state index in [0.29, 0.717) is 17.3 Å². The lowest BCUT2D eigenvalue weighted by atomic mass is 9.92. The van der Waals surface area contributed by atoms with E-state index < -0.39 is 0 Å². The maximum absolute atomic E-state index is 9.31. The first-order chi connectivity index (χ1) is 8.24. The molecule has 0 fully saturated rings. The Balaban J connectivity index is 2.41. The van der Waals surface area contributed by atoms with E-state index in [1.54, 1.807) is 6.07 Å². The predicted molar refractivity (Wildman–Crippen MR) is 63.4 cm³/mol. The summed E-state index contributed by atoms with van der Waals surface area (Å²) in [7, 11) is 0. The van der Waals surface area contributed by atoms with Crippen LogP contribution in [0, 0.1) is 11.3 Å². The molecule has 17 heavy (non-hydrogen) atoms. The standard InChI is InChI=1S/C13H13N3O/c1-8-2-3-16-12(7-17)15-11-5-9(6-14)4-10(8)13(11)16/h4-5,8,17H,2-3,7H2,1H3. The lowest BCUT2D eigenvalue weighted by Gasteiger charge is -2.22. The molecule has 1 aromatic carbocycles. The molecule has 1 aromatic heterocycles. The molecule has 0 bridgehead atoms. The Labute approximate surface area is 99.1 Å². The number of nitriles is 1. The monoisotopic (exact) mass is 227 g/mol. The van der Waals surface area contributed by atoms with E-state index in [2.05, 4.69) is 22.5 Å². The molecule has 1 atom stereocenters. The van der Waals surface area contributed by atoms with E-state index in [0.717, 1.165) is 24.0 Å². The molecular weight excluding hydrogens is 214 g/mol. The molecule has 2 aromatic rings. The van der Waals surface area contributed by atoms with Gasteiger partial charge < -0.3 is 9.67 Å². The van der Waals surface area contributed by atoms with Crippen LogP contribution in [0.4, 0.5) is 0 Å². The van der Waals surface area contributed by atoms with Crippen LogP contribution in [-0.4, -0.2) is 14.7 Å². The summed E-state index contributed by atoms with van der Waals surface area (Å²) in [6.07, 6.45) is 1.03. The van der Waals surface area contributed by atoms with Gasteiger partial charge in [0.15, 0.2) is 0 Å². The molecule has 0 saturated heterocycles. The third-order valence-electron chi connectivity index (χ3n) is 3.54. The highest BCUT2D eigenvalue weighted by Crippen LogP contribution is 2.34. The van der Waals surface area contributed by atoms with Gasteiger partial charge in [-0.05, 0) is 30.0 Å². The highest BCUT2D eigenvalue weighted by Gasteiger charge is 2.22. The minimum atomic E-state index is -0.0512. The average molecular weight is 227 g/mol. The first-order valence-electron chi connectivity index (χ1n) is 5.78. The van der Waals surface area contributed by atoms with Crippen molar-refractivity contribution in [2.45, 2.75) is 32.4 Å². The Hall–Kier alpha value is -1.86. The molecule has 86 valence electrons. The zero-order valence-electron chi connectivity index (χ0n) is 9.64. The minimum absolute atomic E-state index is 0.0512. The number of aryl methyl sites for hydroxylation is 1. The van der Waals surface area contributed by atoms with Crippen LogP contribution < -0.4 is 0 Å². The van der Waals surface area contributed by atoms with Gasteiger partial charge in [0.25, 0.3) is 0 Å². The van der Waals surface area contributed by atoms with Crippen LogP contribution in [0.1, 0.15) is 36.2 Å². The minimum Gasteiger partial charge on any atom is -0.388 e. The Bertz CT molecular complexity index is 636. The van der Waals surface area contributed by atoms with Gasteiger partial charge in [-0.2, -0.15) is 5.26 Å². The second-order valence-corrected chi connectivity index (χ2v) is 4.57. The quantitative estimate of drug-likeness (QED) is 0.809. The maximum Gasteiger partial charge on any atom is 0.135 e. The van der Waals surface area contributed by atoms with Crippen LogP contribution in [0.2, 0.25) is 0 Å². The zero-order valence-corrected chi connectivity index (χ0v) is 9.64. The van der Waals surface area contributed by atoms with Gasteiger partial charge in [-0.25, -0.2) is 4.98 Å². The highest BCUT2D eigenvalue weighted by molar-refractivity contribution is 5.82. The molecule has 4 nitrogen and oxygen atoms in total. The van der Waals surface area contributed by atoms with Gasteiger partial charge in [-0.3, -0.25) is 0 Å². The summed E-state index contributed by atoms with van der Waals surface area (Å²) in [5, 5.41) is 18.3. The molecule has 0 radical (unpaired) electrons. The molecule has 2 heterocycles. The van der Waals surface area contributed by atoms with Crippen LogP contribution in [0.5, 0.6) is 0 Å². The molecule has 1 unspecified atom stereocenters. The van der Waals surface area contributed by atoms with Crippen molar-refractivity contribution in [1.82, 2.24) is 9.55 Å². The van der Waals surface area contributed by atoms with Gasteiger partial charge in [0.1, 0.15) is 12.4 Å². The molecule has 4 heteroatoms. The third-order valence-corrected chi connectivity index (χ3v) is 3.54. The molecule has 0 spiro atoms. The Morgan fingerprint density at radius 3 is 3.12 bits per heavy atom. The van der Waals surface area contributed by atoms with E-state index in [9.17, 15) is 5.11 Å². The second-order valence-electron chi connectivity index (χ2n) is 4.57. The van der Waals surface area contributed by atoms with Crippen LogP contribution in [0.15, 0.2) is 12.1 Å². The number of hydrogen-bond donors (Lipinski definition) is 1. The van der Waals surface area contributed by atoms with E-state index >= 15 is 0 Å². The second kappa shape index (κ2) is 3.57. The summed E-state index contributed by atoms with van der Waals surface area (Å²) in [6.45, 7) is 3.02. The Morgan fingerprint density at radius 2 is 2.41 bits per heavy atom.